The van der Waals surface area contributed by atoms with Gasteiger partial charge in [-0.25, -0.2) is 0 Å². The summed E-state index contributed by atoms with van der Waals surface area (Å²) in [5.41, 5.74) is 2.03. The maximum Gasteiger partial charge on any atom is 0.261 e. The van der Waals surface area contributed by atoms with E-state index in [1.807, 2.05) is 13.0 Å². The molecule has 3 rings (SSSR count). The maximum absolute atomic E-state index is 12.4. The minimum absolute atomic E-state index is 0.0592. The second-order valence-corrected chi connectivity index (χ2v) is 5.49. The Bertz CT molecular complexity index is 544. The van der Waals surface area contributed by atoms with Gasteiger partial charge in [-0.2, -0.15) is 0 Å². The zero-order valence-electron chi connectivity index (χ0n) is 10.9. The molecule has 0 saturated heterocycles. The minimum Gasteiger partial charge on any atom is -0.393 e. The molecule has 4 nitrogen and oxygen atoms in total. The Kier molecular flexibility index (Phi) is 2.90. The van der Waals surface area contributed by atoms with E-state index in [0.717, 1.165) is 5.56 Å². The number of hydrogen-bond acceptors (Lipinski definition) is 3. The van der Waals surface area contributed by atoms with E-state index in [9.17, 15) is 14.7 Å². The highest BCUT2D eigenvalue weighted by Gasteiger charge is 2.40. The molecule has 0 bridgehead atoms. The number of carbonyl (C=O) groups excluding carboxylic acids is 2. The predicted octanol–water partition coefficient (Wildman–Crippen LogP) is 1.89. The van der Waals surface area contributed by atoms with Crippen LogP contribution in [0.3, 0.4) is 0 Å². The first-order valence-electron chi connectivity index (χ1n) is 6.74. The fourth-order valence-electron chi connectivity index (χ4n) is 3.02. The molecular weight excluding hydrogens is 242 g/mol. The molecule has 4 heteroatoms. The molecule has 1 aromatic rings. The molecule has 1 aliphatic carbocycles. The van der Waals surface area contributed by atoms with Crippen LogP contribution in [-0.2, 0) is 0 Å². The molecular formula is C15H17NO3. The third kappa shape index (κ3) is 1.96. The Hall–Kier alpha value is -1.68. The third-order valence-electron chi connectivity index (χ3n) is 4.10. The number of hydrogen-bond donors (Lipinski definition) is 1. The van der Waals surface area contributed by atoms with E-state index in [1.165, 1.54) is 4.90 Å². The number of fused-ring (bicyclic) bond motifs is 1. The normalized spacial score (nSPS) is 26.7. The molecule has 0 unspecified atom stereocenters. The van der Waals surface area contributed by atoms with Crippen molar-refractivity contribution >= 4 is 11.8 Å². The van der Waals surface area contributed by atoms with Gasteiger partial charge in [0.05, 0.1) is 17.2 Å². The van der Waals surface area contributed by atoms with Crippen molar-refractivity contribution in [1.82, 2.24) is 4.90 Å². The lowest BCUT2D eigenvalue weighted by molar-refractivity contribution is 0.0449. The zero-order valence-corrected chi connectivity index (χ0v) is 10.9. The highest BCUT2D eigenvalue weighted by molar-refractivity contribution is 6.21. The summed E-state index contributed by atoms with van der Waals surface area (Å²) in [6.07, 6.45) is 2.44. The molecule has 1 N–H and O–H groups in total. The van der Waals surface area contributed by atoms with Crippen LogP contribution in [0.4, 0.5) is 0 Å². The Morgan fingerprint density at radius 3 is 2.37 bits per heavy atom. The lowest BCUT2D eigenvalue weighted by Crippen LogP contribution is -2.42. The number of carbonyl (C=O) groups is 2. The van der Waals surface area contributed by atoms with Gasteiger partial charge in [-0.1, -0.05) is 11.6 Å². The molecule has 2 amide bonds. The summed E-state index contributed by atoms with van der Waals surface area (Å²) in [6.45, 7) is 1.91. The lowest BCUT2D eigenvalue weighted by Gasteiger charge is -2.31. The van der Waals surface area contributed by atoms with Gasteiger partial charge in [0.25, 0.3) is 11.8 Å². The molecule has 0 aromatic heterocycles. The number of nitrogens with zero attached hydrogens (tertiary/aromatic N) is 1. The van der Waals surface area contributed by atoms with E-state index < -0.39 is 0 Å². The van der Waals surface area contributed by atoms with Crippen molar-refractivity contribution in [2.75, 3.05) is 0 Å². The summed E-state index contributed by atoms with van der Waals surface area (Å²) >= 11 is 0. The lowest BCUT2D eigenvalue weighted by atomic mass is 9.92. The summed E-state index contributed by atoms with van der Waals surface area (Å²) in [5.74, 6) is -0.355. The Balaban J connectivity index is 1.90. The van der Waals surface area contributed by atoms with E-state index >= 15 is 0 Å². The first kappa shape index (κ1) is 12.4. The Morgan fingerprint density at radius 2 is 1.68 bits per heavy atom. The number of benzene rings is 1. The number of aryl methyl sites for hydroxylation is 1. The number of imide groups is 1. The van der Waals surface area contributed by atoms with Crippen molar-refractivity contribution in [3.8, 4) is 0 Å². The molecule has 1 heterocycles. The SMILES string of the molecule is Cc1ccc2c(c1)C(=O)N(C1CCC(O)CC1)C2=O. The number of rotatable bonds is 1. The van der Waals surface area contributed by atoms with E-state index in [4.69, 9.17) is 0 Å². The van der Waals surface area contributed by atoms with Crippen LogP contribution in [0, 0.1) is 6.92 Å². The van der Waals surface area contributed by atoms with Gasteiger partial charge in [0, 0.05) is 6.04 Å². The molecule has 1 aliphatic heterocycles. The highest BCUT2D eigenvalue weighted by Crippen LogP contribution is 2.31. The van der Waals surface area contributed by atoms with Gasteiger partial charge in [-0.05, 0) is 44.7 Å². The fraction of sp³-hybridized carbons (Fsp3) is 0.467. The predicted molar refractivity (Wildman–Crippen MR) is 69.9 cm³/mol. The van der Waals surface area contributed by atoms with Gasteiger partial charge < -0.3 is 5.11 Å². The van der Waals surface area contributed by atoms with E-state index in [-0.39, 0.29) is 24.0 Å². The van der Waals surface area contributed by atoms with Crippen LogP contribution in [0.25, 0.3) is 0 Å². The first-order chi connectivity index (χ1) is 9.08. The van der Waals surface area contributed by atoms with Crippen LogP contribution in [0.5, 0.6) is 0 Å². The summed E-state index contributed by atoms with van der Waals surface area (Å²) < 4.78 is 0. The number of amides is 2. The molecule has 19 heavy (non-hydrogen) atoms. The zero-order chi connectivity index (χ0) is 13.6. The average molecular weight is 259 g/mol. The van der Waals surface area contributed by atoms with E-state index in [2.05, 4.69) is 0 Å². The van der Waals surface area contributed by atoms with Gasteiger partial charge in [0.2, 0.25) is 0 Å². The van der Waals surface area contributed by atoms with Crippen LogP contribution in [0.2, 0.25) is 0 Å². The maximum atomic E-state index is 12.4. The van der Waals surface area contributed by atoms with Gasteiger partial charge in [-0.15, -0.1) is 0 Å². The van der Waals surface area contributed by atoms with Gasteiger partial charge in [-0.3, -0.25) is 14.5 Å². The van der Waals surface area contributed by atoms with Crippen LogP contribution >= 0.6 is 0 Å². The van der Waals surface area contributed by atoms with Crippen molar-refractivity contribution in [2.45, 2.75) is 44.8 Å². The standard InChI is InChI=1S/C15H17NO3/c1-9-2-7-12-13(8-9)15(19)16(14(12)18)10-3-5-11(17)6-4-10/h2,7-8,10-11,17H,3-6H2,1H3. The quantitative estimate of drug-likeness (QED) is 0.784. The second kappa shape index (κ2) is 4.46. The van der Waals surface area contributed by atoms with Crippen molar-refractivity contribution in [3.05, 3.63) is 34.9 Å². The Morgan fingerprint density at radius 1 is 1.05 bits per heavy atom. The second-order valence-electron chi connectivity index (χ2n) is 5.49. The monoisotopic (exact) mass is 259 g/mol. The van der Waals surface area contributed by atoms with Crippen molar-refractivity contribution < 1.29 is 14.7 Å². The van der Waals surface area contributed by atoms with Gasteiger partial charge in [0.15, 0.2) is 0 Å². The average Bonchev–Trinajstić information content (AvgIpc) is 2.63. The van der Waals surface area contributed by atoms with E-state index in [0.29, 0.717) is 36.8 Å². The smallest absolute Gasteiger partial charge is 0.261 e. The summed E-state index contributed by atoms with van der Waals surface area (Å²) in [7, 11) is 0. The third-order valence-corrected chi connectivity index (χ3v) is 4.10. The first-order valence-corrected chi connectivity index (χ1v) is 6.74. The molecule has 0 radical (unpaired) electrons. The fourth-order valence-corrected chi connectivity index (χ4v) is 3.02. The van der Waals surface area contributed by atoms with E-state index in [1.54, 1.807) is 12.1 Å². The largest absolute Gasteiger partial charge is 0.393 e. The van der Waals surface area contributed by atoms with Gasteiger partial charge in [0.1, 0.15) is 0 Å². The van der Waals surface area contributed by atoms with Crippen molar-refractivity contribution in [3.63, 3.8) is 0 Å². The molecule has 1 aromatic carbocycles. The summed E-state index contributed by atoms with van der Waals surface area (Å²) in [6, 6.07) is 5.32. The van der Waals surface area contributed by atoms with Crippen molar-refractivity contribution in [2.24, 2.45) is 0 Å². The van der Waals surface area contributed by atoms with Gasteiger partial charge >= 0.3 is 0 Å². The van der Waals surface area contributed by atoms with Crippen LogP contribution in [0.15, 0.2) is 18.2 Å². The van der Waals surface area contributed by atoms with Crippen LogP contribution in [0.1, 0.15) is 52.0 Å². The molecule has 0 atom stereocenters. The minimum atomic E-state index is -0.284. The number of aliphatic hydroxyl groups is 1. The number of aliphatic hydroxyl groups excluding tert-OH is 1. The molecule has 1 fully saturated rings. The topological polar surface area (TPSA) is 57.6 Å². The molecule has 0 spiro atoms. The van der Waals surface area contributed by atoms with Crippen LogP contribution in [-0.4, -0.2) is 34.0 Å². The van der Waals surface area contributed by atoms with Crippen LogP contribution < -0.4 is 0 Å². The summed E-state index contributed by atoms with van der Waals surface area (Å²) in [5, 5.41) is 9.52. The highest BCUT2D eigenvalue weighted by atomic mass is 16.3. The summed E-state index contributed by atoms with van der Waals surface area (Å²) in [4.78, 5) is 26.1. The molecule has 1 saturated carbocycles. The Labute approximate surface area is 112 Å². The molecule has 100 valence electrons. The van der Waals surface area contributed by atoms with Crippen molar-refractivity contribution in [1.29, 1.82) is 0 Å². The molecule has 2 aliphatic rings.